The number of anilines is 1. The summed E-state index contributed by atoms with van der Waals surface area (Å²) in [4.78, 5) is 9.33. The molecule has 1 fully saturated rings. The molecule has 0 spiro atoms. The van der Waals surface area contributed by atoms with E-state index in [2.05, 4.69) is 38.5 Å². The average Bonchev–Trinajstić information content (AvgIpc) is 3.21. The van der Waals surface area contributed by atoms with Gasteiger partial charge in [-0.15, -0.1) is 11.3 Å². The van der Waals surface area contributed by atoms with Crippen LogP contribution >= 0.6 is 22.7 Å². The van der Waals surface area contributed by atoms with Crippen LogP contribution in [0.5, 0.6) is 0 Å². The van der Waals surface area contributed by atoms with Gasteiger partial charge in [-0.1, -0.05) is 6.92 Å². The van der Waals surface area contributed by atoms with Gasteiger partial charge in [-0.3, -0.25) is 4.90 Å². The minimum absolute atomic E-state index is 0.200. The van der Waals surface area contributed by atoms with Crippen molar-refractivity contribution in [2.75, 3.05) is 31.1 Å². The third-order valence-electron chi connectivity index (χ3n) is 4.16. The van der Waals surface area contributed by atoms with Crippen LogP contribution in [0.15, 0.2) is 28.4 Å². The molecule has 2 N–H and O–H groups in total. The zero-order chi connectivity index (χ0) is 14.7. The molecule has 21 heavy (non-hydrogen) atoms. The van der Waals surface area contributed by atoms with Crippen molar-refractivity contribution in [3.05, 3.63) is 34.0 Å². The van der Waals surface area contributed by atoms with Crippen LogP contribution in [0.2, 0.25) is 0 Å². The Morgan fingerprint density at radius 1 is 1.29 bits per heavy atom. The molecule has 1 aliphatic heterocycles. The van der Waals surface area contributed by atoms with Crippen LogP contribution in [0, 0.1) is 0 Å². The van der Waals surface area contributed by atoms with Gasteiger partial charge in [-0.05, 0) is 28.8 Å². The Kier molecular flexibility index (Phi) is 4.90. The summed E-state index contributed by atoms with van der Waals surface area (Å²) >= 11 is 3.48. The Morgan fingerprint density at radius 3 is 2.67 bits per heavy atom. The van der Waals surface area contributed by atoms with E-state index in [0.29, 0.717) is 6.04 Å². The van der Waals surface area contributed by atoms with E-state index in [9.17, 15) is 0 Å². The molecule has 1 saturated heterocycles. The second-order valence-corrected chi connectivity index (χ2v) is 7.06. The first-order valence-corrected chi connectivity index (χ1v) is 9.28. The summed E-state index contributed by atoms with van der Waals surface area (Å²) < 4.78 is 0. The van der Waals surface area contributed by atoms with E-state index in [0.717, 1.165) is 37.7 Å². The number of nitrogens with two attached hydrogens (primary N) is 1. The summed E-state index contributed by atoms with van der Waals surface area (Å²) in [6.07, 6.45) is 2.89. The maximum Gasteiger partial charge on any atom is 0.185 e. The van der Waals surface area contributed by atoms with E-state index in [1.54, 1.807) is 22.7 Å². The Bertz CT molecular complexity index is 518. The fraction of sp³-hybridized carbons (Fsp3) is 0.533. The molecule has 0 bridgehead atoms. The molecule has 0 radical (unpaired) electrons. The van der Waals surface area contributed by atoms with E-state index in [1.807, 2.05) is 11.6 Å². The summed E-state index contributed by atoms with van der Waals surface area (Å²) in [6.45, 7) is 6.34. The number of thiophene rings is 1. The molecule has 2 atom stereocenters. The van der Waals surface area contributed by atoms with Crippen molar-refractivity contribution in [1.29, 1.82) is 0 Å². The number of piperazine rings is 1. The molecule has 4 nitrogen and oxygen atoms in total. The van der Waals surface area contributed by atoms with Crippen LogP contribution in [-0.2, 0) is 0 Å². The molecule has 2 aromatic rings. The van der Waals surface area contributed by atoms with Gasteiger partial charge in [-0.25, -0.2) is 4.98 Å². The maximum absolute atomic E-state index is 6.41. The largest absolute Gasteiger partial charge is 0.346 e. The summed E-state index contributed by atoms with van der Waals surface area (Å²) in [5, 5.41) is 7.58. The normalized spacial score (nSPS) is 19.6. The summed E-state index contributed by atoms with van der Waals surface area (Å²) in [5.74, 6) is 0. The molecule has 2 unspecified atom stereocenters. The number of aromatic nitrogens is 1. The lowest BCUT2D eigenvalue weighted by molar-refractivity contribution is 0.160. The summed E-state index contributed by atoms with van der Waals surface area (Å²) in [5.41, 5.74) is 7.78. The number of hydrogen-bond acceptors (Lipinski definition) is 6. The van der Waals surface area contributed by atoms with Gasteiger partial charge >= 0.3 is 0 Å². The van der Waals surface area contributed by atoms with E-state index in [1.165, 1.54) is 5.56 Å². The van der Waals surface area contributed by atoms with E-state index in [4.69, 9.17) is 5.73 Å². The minimum atomic E-state index is 0.200. The second kappa shape index (κ2) is 6.87. The third-order valence-corrected chi connectivity index (χ3v) is 5.69. The molecule has 0 amide bonds. The highest BCUT2D eigenvalue weighted by Gasteiger charge is 2.29. The first kappa shape index (κ1) is 15.0. The van der Waals surface area contributed by atoms with Crippen molar-refractivity contribution in [3.8, 4) is 0 Å². The number of hydrogen-bond donors (Lipinski definition) is 1. The van der Waals surface area contributed by atoms with Gasteiger partial charge in [0.2, 0.25) is 0 Å². The van der Waals surface area contributed by atoms with Gasteiger partial charge < -0.3 is 10.6 Å². The van der Waals surface area contributed by atoms with Gasteiger partial charge in [0.1, 0.15) is 0 Å². The van der Waals surface area contributed by atoms with Crippen LogP contribution in [0.25, 0.3) is 0 Å². The van der Waals surface area contributed by atoms with Crippen LogP contribution in [-0.4, -0.2) is 42.1 Å². The first-order valence-electron chi connectivity index (χ1n) is 7.45. The van der Waals surface area contributed by atoms with Crippen molar-refractivity contribution < 1.29 is 0 Å². The van der Waals surface area contributed by atoms with Crippen LogP contribution < -0.4 is 10.6 Å². The zero-order valence-electron chi connectivity index (χ0n) is 12.3. The standard InChI is InChI=1S/C15H22N4S2/c1-2-13(16)14(12-3-9-20-11-12)18-5-7-19(8-6-18)15-17-4-10-21-15/h3-4,9-11,13-14H,2,5-8,16H2,1H3. The summed E-state index contributed by atoms with van der Waals surface area (Å²) in [7, 11) is 0. The van der Waals surface area contributed by atoms with Gasteiger partial charge in [-0.2, -0.15) is 11.3 Å². The van der Waals surface area contributed by atoms with Gasteiger partial charge in [0, 0.05) is 43.8 Å². The highest BCUT2D eigenvalue weighted by atomic mass is 32.1. The topological polar surface area (TPSA) is 45.4 Å². The number of thiazole rings is 1. The number of nitrogens with zero attached hydrogens (tertiary/aromatic N) is 3. The Balaban J connectivity index is 1.68. The molecule has 3 rings (SSSR count). The first-order chi connectivity index (χ1) is 10.3. The molecular formula is C15H22N4S2. The quantitative estimate of drug-likeness (QED) is 0.919. The Labute approximate surface area is 134 Å². The average molecular weight is 323 g/mol. The molecule has 0 aromatic carbocycles. The van der Waals surface area contributed by atoms with Crippen molar-refractivity contribution in [1.82, 2.24) is 9.88 Å². The Morgan fingerprint density at radius 2 is 2.10 bits per heavy atom. The van der Waals surface area contributed by atoms with E-state index < -0.39 is 0 Å². The highest BCUT2D eigenvalue weighted by Crippen LogP contribution is 2.29. The van der Waals surface area contributed by atoms with Gasteiger partial charge in [0.15, 0.2) is 5.13 Å². The Hall–Kier alpha value is -0.950. The zero-order valence-corrected chi connectivity index (χ0v) is 13.9. The highest BCUT2D eigenvalue weighted by molar-refractivity contribution is 7.13. The predicted octanol–water partition coefficient (Wildman–Crippen LogP) is 2.81. The fourth-order valence-corrected chi connectivity index (χ4v) is 4.35. The van der Waals surface area contributed by atoms with E-state index >= 15 is 0 Å². The predicted molar refractivity (Wildman–Crippen MR) is 91.2 cm³/mol. The van der Waals surface area contributed by atoms with Crippen LogP contribution in [0.3, 0.4) is 0 Å². The van der Waals surface area contributed by atoms with Gasteiger partial charge in [0.25, 0.3) is 0 Å². The summed E-state index contributed by atoms with van der Waals surface area (Å²) in [6, 6.07) is 2.77. The second-order valence-electron chi connectivity index (χ2n) is 5.41. The monoisotopic (exact) mass is 322 g/mol. The molecule has 0 aliphatic carbocycles. The maximum atomic E-state index is 6.41. The lowest BCUT2D eigenvalue weighted by Gasteiger charge is -2.41. The SMILES string of the molecule is CCC(N)C(c1ccsc1)N1CCN(c2nccs2)CC1. The van der Waals surface area contributed by atoms with Crippen molar-refractivity contribution in [2.45, 2.75) is 25.4 Å². The van der Waals surface area contributed by atoms with Gasteiger partial charge in [0.05, 0.1) is 6.04 Å². The van der Waals surface area contributed by atoms with Crippen LogP contribution in [0.4, 0.5) is 5.13 Å². The molecular weight excluding hydrogens is 300 g/mol. The molecule has 6 heteroatoms. The lowest BCUT2D eigenvalue weighted by Crippen LogP contribution is -2.51. The fourth-order valence-electron chi connectivity index (χ4n) is 2.96. The molecule has 1 aliphatic rings. The molecule has 3 heterocycles. The van der Waals surface area contributed by atoms with Crippen molar-refractivity contribution >= 4 is 27.8 Å². The minimum Gasteiger partial charge on any atom is -0.346 e. The smallest absolute Gasteiger partial charge is 0.185 e. The molecule has 2 aromatic heterocycles. The third kappa shape index (κ3) is 3.29. The van der Waals surface area contributed by atoms with Crippen LogP contribution in [0.1, 0.15) is 24.9 Å². The van der Waals surface area contributed by atoms with Crippen molar-refractivity contribution in [3.63, 3.8) is 0 Å². The molecule has 0 saturated carbocycles. The lowest BCUT2D eigenvalue weighted by atomic mass is 9.98. The molecule has 114 valence electrons. The van der Waals surface area contributed by atoms with E-state index in [-0.39, 0.29) is 6.04 Å². The number of rotatable bonds is 5. The van der Waals surface area contributed by atoms with Crippen molar-refractivity contribution in [2.24, 2.45) is 5.73 Å².